The van der Waals surface area contributed by atoms with Crippen LogP contribution in [0.15, 0.2) is 18.2 Å². The van der Waals surface area contributed by atoms with Crippen molar-refractivity contribution in [3.05, 3.63) is 29.3 Å². The van der Waals surface area contributed by atoms with Gasteiger partial charge < -0.3 is 15.3 Å². The highest BCUT2D eigenvalue weighted by atomic mass is 16.4. The van der Waals surface area contributed by atoms with Crippen molar-refractivity contribution in [3.8, 4) is 12.3 Å². The molecule has 5 heteroatoms. The van der Waals surface area contributed by atoms with Crippen LogP contribution in [0.5, 0.6) is 0 Å². The summed E-state index contributed by atoms with van der Waals surface area (Å²) in [4.78, 5) is 24.8. The van der Waals surface area contributed by atoms with E-state index >= 15 is 0 Å². The first-order valence-electron chi connectivity index (χ1n) is 6.33. The number of hydrogen-bond acceptors (Lipinski definition) is 2. The molecule has 0 aromatic heterocycles. The van der Waals surface area contributed by atoms with E-state index in [1.807, 2.05) is 6.92 Å². The summed E-state index contributed by atoms with van der Waals surface area (Å²) < 4.78 is 0. The van der Waals surface area contributed by atoms with Crippen LogP contribution in [0.3, 0.4) is 0 Å². The predicted molar refractivity (Wildman–Crippen MR) is 77.9 cm³/mol. The third kappa shape index (κ3) is 3.75. The minimum absolute atomic E-state index is 0.0653. The lowest BCUT2D eigenvalue weighted by Crippen LogP contribution is -2.36. The van der Waals surface area contributed by atoms with Gasteiger partial charge in [0.1, 0.15) is 0 Å². The molecule has 0 aliphatic heterocycles. The lowest BCUT2D eigenvalue weighted by atomic mass is 10.1. The Morgan fingerprint density at radius 3 is 2.70 bits per heavy atom. The van der Waals surface area contributed by atoms with Crippen LogP contribution in [0.1, 0.15) is 29.3 Å². The third-order valence-corrected chi connectivity index (χ3v) is 2.80. The highest BCUT2D eigenvalue weighted by Crippen LogP contribution is 2.21. The maximum atomic E-state index is 12.1. The predicted octanol–water partition coefficient (Wildman–Crippen LogP) is 2.57. The van der Waals surface area contributed by atoms with Gasteiger partial charge in [0, 0.05) is 6.54 Å². The number of nitrogens with zero attached hydrogens (tertiary/aromatic N) is 1. The van der Waals surface area contributed by atoms with Gasteiger partial charge in [0.15, 0.2) is 0 Å². The van der Waals surface area contributed by atoms with E-state index in [9.17, 15) is 9.59 Å². The number of aryl methyl sites for hydroxylation is 1. The van der Waals surface area contributed by atoms with Crippen molar-refractivity contribution in [1.29, 1.82) is 0 Å². The summed E-state index contributed by atoms with van der Waals surface area (Å²) in [7, 11) is 0. The Morgan fingerprint density at radius 2 is 2.15 bits per heavy atom. The molecule has 20 heavy (non-hydrogen) atoms. The van der Waals surface area contributed by atoms with E-state index in [0.717, 1.165) is 6.42 Å². The highest BCUT2D eigenvalue weighted by Gasteiger charge is 2.17. The molecule has 1 aromatic rings. The number of terminal acetylenes is 1. The number of benzene rings is 1. The summed E-state index contributed by atoms with van der Waals surface area (Å²) in [6.45, 7) is 4.39. The zero-order valence-electron chi connectivity index (χ0n) is 11.6. The summed E-state index contributed by atoms with van der Waals surface area (Å²) in [6, 6.07) is 4.45. The molecule has 0 heterocycles. The molecule has 0 aliphatic carbocycles. The number of urea groups is 1. The van der Waals surface area contributed by atoms with Crippen molar-refractivity contribution in [2.45, 2.75) is 20.3 Å². The third-order valence-electron chi connectivity index (χ3n) is 2.80. The van der Waals surface area contributed by atoms with Gasteiger partial charge in [-0.15, -0.1) is 6.42 Å². The number of amides is 2. The second kappa shape index (κ2) is 7.19. The number of hydrogen-bond donors (Lipinski definition) is 2. The minimum atomic E-state index is -1.08. The number of rotatable bonds is 5. The van der Waals surface area contributed by atoms with Gasteiger partial charge in [-0.25, -0.2) is 9.59 Å². The number of nitrogens with one attached hydrogen (secondary N) is 1. The summed E-state index contributed by atoms with van der Waals surface area (Å²) in [6.07, 6.45) is 6.01. The zero-order valence-corrected chi connectivity index (χ0v) is 11.6. The lowest BCUT2D eigenvalue weighted by Gasteiger charge is -2.21. The van der Waals surface area contributed by atoms with Crippen molar-refractivity contribution >= 4 is 17.7 Å². The maximum Gasteiger partial charge on any atom is 0.337 e. The Hall–Kier alpha value is -2.48. The topological polar surface area (TPSA) is 69.6 Å². The van der Waals surface area contributed by atoms with Crippen LogP contribution in [0.25, 0.3) is 0 Å². The SMILES string of the molecule is C#CCN(CCC)C(=O)Nc1c(C)cccc1C(=O)O. The molecule has 0 unspecified atom stereocenters. The molecule has 5 nitrogen and oxygen atoms in total. The Labute approximate surface area is 118 Å². The minimum Gasteiger partial charge on any atom is -0.478 e. The average Bonchev–Trinajstić information content (AvgIpc) is 2.40. The molecule has 0 saturated carbocycles. The van der Waals surface area contributed by atoms with E-state index in [2.05, 4.69) is 11.2 Å². The van der Waals surface area contributed by atoms with Crippen LogP contribution in [-0.2, 0) is 0 Å². The molecule has 0 spiro atoms. The molecule has 1 aromatic carbocycles. The van der Waals surface area contributed by atoms with E-state index in [1.54, 1.807) is 19.1 Å². The van der Waals surface area contributed by atoms with E-state index in [0.29, 0.717) is 17.8 Å². The molecule has 0 saturated heterocycles. The van der Waals surface area contributed by atoms with Crippen molar-refractivity contribution in [2.24, 2.45) is 0 Å². The normalized spacial score (nSPS) is 9.65. The van der Waals surface area contributed by atoms with Crippen LogP contribution < -0.4 is 5.32 Å². The van der Waals surface area contributed by atoms with Crippen LogP contribution >= 0.6 is 0 Å². The highest BCUT2D eigenvalue weighted by molar-refractivity contribution is 6.01. The summed E-state index contributed by atoms with van der Waals surface area (Å²) in [5.41, 5.74) is 1.06. The van der Waals surface area contributed by atoms with Crippen molar-refractivity contribution < 1.29 is 14.7 Å². The van der Waals surface area contributed by atoms with Gasteiger partial charge in [0.2, 0.25) is 0 Å². The number of carboxylic acid groups (broad SMARTS) is 1. The number of carbonyl (C=O) groups excluding carboxylic acids is 1. The first-order valence-corrected chi connectivity index (χ1v) is 6.33. The molecule has 0 fully saturated rings. The zero-order chi connectivity index (χ0) is 15.1. The summed E-state index contributed by atoms with van der Waals surface area (Å²) in [5.74, 6) is 1.34. The maximum absolute atomic E-state index is 12.1. The van der Waals surface area contributed by atoms with Gasteiger partial charge in [0.25, 0.3) is 0 Å². The van der Waals surface area contributed by atoms with Gasteiger partial charge in [0.05, 0.1) is 17.8 Å². The number of carboxylic acids is 1. The summed E-state index contributed by atoms with van der Waals surface area (Å²) >= 11 is 0. The van der Waals surface area contributed by atoms with E-state index in [1.165, 1.54) is 11.0 Å². The molecular formula is C15H18N2O3. The Balaban J connectivity index is 3.00. The number of anilines is 1. The monoisotopic (exact) mass is 274 g/mol. The lowest BCUT2D eigenvalue weighted by molar-refractivity contribution is 0.0698. The number of aromatic carboxylic acids is 1. The molecule has 0 radical (unpaired) electrons. The first-order chi connectivity index (χ1) is 9.51. The average molecular weight is 274 g/mol. The van der Waals surface area contributed by atoms with Crippen molar-refractivity contribution in [1.82, 2.24) is 4.90 Å². The van der Waals surface area contributed by atoms with Gasteiger partial charge in [-0.05, 0) is 25.0 Å². The Kier molecular flexibility index (Phi) is 5.60. The molecule has 1 rings (SSSR count). The first kappa shape index (κ1) is 15.6. The van der Waals surface area contributed by atoms with E-state index in [4.69, 9.17) is 11.5 Å². The molecule has 0 aliphatic rings. The molecule has 0 atom stereocenters. The van der Waals surface area contributed by atoms with Crippen LogP contribution in [0.2, 0.25) is 0 Å². The molecule has 2 N–H and O–H groups in total. The van der Waals surface area contributed by atoms with Crippen LogP contribution in [0, 0.1) is 19.3 Å². The Bertz CT molecular complexity index is 547. The summed E-state index contributed by atoms with van der Waals surface area (Å²) in [5, 5.41) is 11.8. The van der Waals surface area contributed by atoms with Crippen molar-refractivity contribution in [2.75, 3.05) is 18.4 Å². The van der Waals surface area contributed by atoms with Gasteiger partial charge in [-0.1, -0.05) is 25.0 Å². The van der Waals surface area contributed by atoms with E-state index < -0.39 is 5.97 Å². The number of carbonyl (C=O) groups is 2. The second-order valence-electron chi connectivity index (χ2n) is 4.36. The largest absolute Gasteiger partial charge is 0.478 e. The van der Waals surface area contributed by atoms with Gasteiger partial charge in [-0.3, -0.25) is 0 Å². The van der Waals surface area contributed by atoms with Crippen LogP contribution in [-0.4, -0.2) is 35.1 Å². The molecule has 2 amide bonds. The fraction of sp³-hybridized carbons (Fsp3) is 0.333. The standard InChI is InChI=1S/C15H18N2O3/c1-4-9-17(10-5-2)15(20)16-13-11(3)7-6-8-12(13)14(18)19/h1,6-8H,5,9-10H2,2-3H3,(H,16,20)(H,18,19). The quantitative estimate of drug-likeness (QED) is 0.811. The van der Waals surface area contributed by atoms with Gasteiger partial charge >= 0.3 is 12.0 Å². The fourth-order valence-electron chi connectivity index (χ4n) is 1.83. The number of para-hydroxylation sites is 1. The Morgan fingerprint density at radius 1 is 1.45 bits per heavy atom. The fourth-order valence-corrected chi connectivity index (χ4v) is 1.83. The molecular weight excluding hydrogens is 256 g/mol. The van der Waals surface area contributed by atoms with Crippen molar-refractivity contribution in [3.63, 3.8) is 0 Å². The molecule has 0 bridgehead atoms. The van der Waals surface area contributed by atoms with E-state index in [-0.39, 0.29) is 18.1 Å². The second-order valence-corrected chi connectivity index (χ2v) is 4.36. The molecule has 106 valence electrons. The van der Waals surface area contributed by atoms with Crippen LogP contribution in [0.4, 0.5) is 10.5 Å². The van der Waals surface area contributed by atoms with Gasteiger partial charge in [-0.2, -0.15) is 0 Å². The smallest absolute Gasteiger partial charge is 0.337 e.